The minimum absolute atomic E-state index is 0.111. The van der Waals surface area contributed by atoms with E-state index in [0.717, 1.165) is 0 Å². The number of nitrogens with two attached hydrogens (primary N) is 2. The van der Waals surface area contributed by atoms with E-state index in [9.17, 15) is 9.59 Å². The molecule has 6 heteroatoms. The summed E-state index contributed by atoms with van der Waals surface area (Å²) in [6, 6.07) is 1.28. The lowest BCUT2D eigenvalue weighted by atomic mass is 10.1. The first-order valence-electron chi connectivity index (χ1n) is 4.25. The number of hydrogen-bond donors (Lipinski definition) is 3. The highest BCUT2D eigenvalue weighted by molar-refractivity contribution is 5.98. The molecule has 0 fully saturated rings. The lowest BCUT2D eigenvalue weighted by Gasteiger charge is -2.05. The molecule has 0 unspecified atom stereocenters. The molecule has 0 saturated heterocycles. The van der Waals surface area contributed by atoms with Crippen molar-refractivity contribution in [2.45, 2.75) is 6.42 Å². The summed E-state index contributed by atoms with van der Waals surface area (Å²) in [5, 5.41) is 8.72. The van der Waals surface area contributed by atoms with E-state index >= 15 is 0 Å². The quantitative estimate of drug-likeness (QED) is 0.577. The summed E-state index contributed by atoms with van der Waals surface area (Å²) in [5.74, 6) is -1.38. The number of nitrogens with zero attached hydrogens (tertiary/aromatic N) is 1. The van der Waals surface area contributed by atoms with Crippen molar-refractivity contribution in [2.75, 3.05) is 6.61 Å². The van der Waals surface area contributed by atoms with E-state index in [0.29, 0.717) is 5.69 Å². The first kappa shape index (κ1) is 11.1. The molecule has 0 radical (unpaired) electrons. The normalized spacial score (nSPS) is 9.93. The van der Waals surface area contributed by atoms with Crippen LogP contribution >= 0.6 is 0 Å². The van der Waals surface area contributed by atoms with E-state index < -0.39 is 11.8 Å². The van der Waals surface area contributed by atoms with Crippen LogP contribution in [0.2, 0.25) is 0 Å². The molecule has 1 rings (SSSR count). The van der Waals surface area contributed by atoms with Gasteiger partial charge in [-0.15, -0.1) is 0 Å². The zero-order valence-electron chi connectivity index (χ0n) is 7.93. The number of aromatic nitrogens is 1. The highest BCUT2D eigenvalue weighted by Crippen LogP contribution is 2.08. The van der Waals surface area contributed by atoms with Crippen LogP contribution in [0.15, 0.2) is 12.3 Å². The van der Waals surface area contributed by atoms with Gasteiger partial charge in [-0.05, 0) is 6.07 Å². The molecular formula is C9H11N3O3. The number of amides is 2. The Balaban J connectivity index is 3.20. The fourth-order valence-corrected chi connectivity index (χ4v) is 1.15. The second-order valence-corrected chi connectivity index (χ2v) is 2.92. The van der Waals surface area contributed by atoms with Crippen LogP contribution in [0.4, 0.5) is 0 Å². The van der Waals surface area contributed by atoms with Gasteiger partial charge in [-0.25, -0.2) is 0 Å². The summed E-state index contributed by atoms with van der Waals surface area (Å²) >= 11 is 0. The molecular weight excluding hydrogens is 198 g/mol. The molecule has 1 heterocycles. The Morgan fingerprint density at radius 1 is 1.33 bits per heavy atom. The molecule has 80 valence electrons. The molecule has 5 N–H and O–H groups in total. The summed E-state index contributed by atoms with van der Waals surface area (Å²) in [6.07, 6.45) is 1.46. The lowest BCUT2D eigenvalue weighted by molar-refractivity contribution is 0.0998. The number of hydrogen-bond acceptors (Lipinski definition) is 4. The Morgan fingerprint density at radius 2 is 2.00 bits per heavy atom. The molecule has 15 heavy (non-hydrogen) atoms. The zero-order chi connectivity index (χ0) is 11.4. The van der Waals surface area contributed by atoms with E-state index in [1.54, 1.807) is 0 Å². The molecule has 1 aromatic heterocycles. The molecule has 1 aromatic rings. The Morgan fingerprint density at radius 3 is 2.47 bits per heavy atom. The van der Waals surface area contributed by atoms with E-state index in [1.807, 2.05) is 0 Å². The van der Waals surface area contributed by atoms with E-state index in [-0.39, 0.29) is 24.2 Å². The monoisotopic (exact) mass is 209 g/mol. The highest BCUT2D eigenvalue weighted by atomic mass is 16.3. The van der Waals surface area contributed by atoms with Gasteiger partial charge in [0.2, 0.25) is 5.91 Å². The summed E-state index contributed by atoms with van der Waals surface area (Å²) in [4.78, 5) is 25.7. The van der Waals surface area contributed by atoms with Gasteiger partial charge in [0.1, 0.15) is 0 Å². The third-order valence-electron chi connectivity index (χ3n) is 1.87. The van der Waals surface area contributed by atoms with E-state index in [2.05, 4.69) is 4.98 Å². The van der Waals surface area contributed by atoms with Crippen molar-refractivity contribution < 1.29 is 14.7 Å². The smallest absolute Gasteiger partial charge is 0.250 e. The molecule has 6 nitrogen and oxygen atoms in total. The van der Waals surface area contributed by atoms with Crippen LogP contribution in [-0.2, 0) is 6.42 Å². The van der Waals surface area contributed by atoms with Crippen molar-refractivity contribution in [1.29, 1.82) is 0 Å². The maximum atomic E-state index is 11.0. The minimum Gasteiger partial charge on any atom is -0.396 e. The number of primary amides is 2. The summed E-state index contributed by atoms with van der Waals surface area (Å²) in [6.45, 7) is -0.150. The van der Waals surface area contributed by atoms with Gasteiger partial charge in [-0.2, -0.15) is 0 Å². The highest BCUT2D eigenvalue weighted by Gasteiger charge is 2.12. The van der Waals surface area contributed by atoms with Crippen LogP contribution in [0.25, 0.3) is 0 Å². The largest absolute Gasteiger partial charge is 0.396 e. The number of rotatable bonds is 4. The standard InChI is InChI=1S/C9H11N3O3/c10-8(14)5-3-6(9(11)15)7(1-2-13)12-4-5/h3-4,13H,1-2H2,(H2,10,14)(H2,11,15). The molecule has 0 aliphatic carbocycles. The van der Waals surface area contributed by atoms with Crippen LogP contribution in [0, 0.1) is 0 Å². The van der Waals surface area contributed by atoms with E-state index in [1.165, 1.54) is 12.3 Å². The summed E-state index contributed by atoms with van der Waals surface area (Å²) in [5.41, 5.74) is 10.7. The fraction of sp³-hybridized carbons (Fsp3) is 0.222. The number of carbonyl (C=O) groups is 2. The fourth-order valence-electron chi connectivity index (χ4n) is 1.15. The Hall–Kier alpha value is -1.95. The molecule has 0 aliphatic rings. The van der Waals surface area contributed by atoms with Crippen LogP contribution < -0.4 is 11.5 Å². The van der Waals surface area contributed by atoms with Crippen molar-refractivity contribution in [1.82, 2.24) is 4.98 Å². The van der Waals surface area contributed by atoms with Crippen molar-refractivity contribution >= 4 is 11.8 Å². The molecule has 0 atom stereocenters. The molecule has 0 aromatic carbocycles. The van der Waals surface area contributed by atoms with Gasteiger partial charge in [0.05, 0.1) is 16.8 Å². The van der Waals surface area contributed by atoms with Crippen molar-refractivity contribution in [2.24, 2.45) is 11.5 Å². The van der Waals surface area contributed by atoms with Crippen LogP contribution in [0.1, 0.15) is 26.4 Å². The minimum atomic E-state index is -0.700. The predicted molar refractivity (Wildman–Crippen MR) is 52.1 cm³/mol. The van der Waals surface area contributed by atoms with Gasteiger partial charge in [-0.1, -0.05) is 0 Å². The lowest BCUT2D eigenvalue weighted by Crippen LogP contribution is -2.19. The molecule has 2 amide bonds. The van der Waals surface area contributed by atoms with Gasteiger partial charge in [0.15, 0.2) is 0 Å². The SMILES string of the molecule is NC(=O)c1cnc(CCO)c(C(N)=O)c1. The molecule has 0 bridgehead atoms. The topological polar surface area (TPSA) is 119 Å². The Kier molecular flexibility index (Phi) is 3.35. The molecule has 0 saturated carbocycles. The van der Waals surface area contributed by atoms with Crippen molar-refractivity contribution in [3.05, 3.63) is 29.1 Å². The van der Waals surface area contributed by atoms with Gasteiger partial charge >= 0.3 is 0 Å². The maximum absolute atomic E-state index is 11.0. The number of pyridine rings is 1. The number of aliphatic hydroxyl groups is 1. The van der Waals surface area contributed by atoms with Crippen molar-refractivity contribution in [3.63, 3.8) is 0 Å². The van der Waals surface area contributed by atoms with E-state index in [4.69, 9.17) is 16.6 Å². The average molecular weight is 209 g/mol. The third-order valence-corrected chi connectivity index (χ3v) is 1.87. The van der Waals surface area contributed by atoms with Gasteiger partial charge in [0, 0.05) is 19.2 Å². The van der Waals surface area contributed by atoms with Crippen LogP contribution in [-0.4, -0.2) is 28.5 Å². The second kappa shape index (κ2) is 4.52. The Bertz CT molecular complexity index is 404. The summed E-state index contributed by atoms with van der Waals surface area (Å²) < 4.78 is 0. The zero-order valence-corrected chi connectivity index (χ0v) is 7.93. The van der Waals surface area contributed by atoms with Gasteiger partial charge in [-0.3, -0.25) is 14.6 Å². The maximum Gasteiger partial charge on any atom is 0.250 e. The summed E-state index contributed by atoms with van der Waals surface area (Å²) in [7, 11) is 0. The first-order valence-corrected chi connectivity index (χ1v) is 4.25. The number of carbonyl (C=O) groups excluding carboxylic acids is 2. The number of aliphatic hydroxyl groups excluding tert-OH is 1. The Labute approximate surface area is 85.9 Å². The average Bonchev–Trinajstić information content (AvgIpc) is 2.18. The van der Waals surface area contributed by atoms with Gasteiger partial charge < -0.3 is 16.6 Å². The third kappa shape index (κ3) is 2.50. The van der Waals surface area contributed by atoms with Gasteiger partial charge in [0.25, 0.3) is 5.91 Å². The van der Waals surface area contributed by atoms with Crippen molar-refractivity contribution in [3.8, 4) is 0 Å². The first-order chi connectivity index (χ1) is 7.06. The predicted octanol–water partition coefficient (Wildman–Crippen LogP) is -1.19. The molecule has 0 spiro atoms. The van der Waals surface area contributed by atoms with Crippen LogP contribution in [0.3, 0.4) is 0 Å². The molecule has 0 aliphatic heterocycles. The second-order valence-electron chi connectivity index (χ2n) is 2.92. The van der Waals surface area contributed by atoms with Crippen LogP contribution in [0.5, 0.6) is 0 Å².